The summed E-state index contributed by atoms with van der Waals surface area (Å²) in [6.07, 6.45) is 3.54. The van der Waals surface area contributed by atoms with Crippen LogP contribution in [0.4, 0.5) is 0 Å². The van der Waals surface area contributed by atoms with Gasteiger partial charge in [-0.05, 0) is 38.9 Å². The Bertz CT molecular complexity index is 345. The molecule has 0 saturated carbocycles. The minimum Gasteiger partial charge on any atom is -0.381 e. The molecule has 1 N–H and O–H groups in total. The predicted molar refractivity (Wildman–Crippen MR) is 79.3 cm³/mol. The Morgan fingerprint density at radius 1 is 1.21 bits per heavy atom. The van der Waals surface area contributed by atoms with E-state index in [1.54, 1.807) is 0 Å². The summed E-state index contributed by atoms with van der Waals surface area (Å²) in [6.45, 7) is 2.82. The van der Waals surface area contributed by atoms with E-state index in [0.717, 1.165) is 26.2 Å². The van der Waals surface area contributed by atoms with Crippen LogP contribution < -0.4 is 5.32 Å². The second-order valence-corrected chi connectivity index (χ2v) is 5.54. The van der Waals surface area contributed by atoms with Crippen LogP contribution in [0.25, 0.3) is 0 Å². The Kier molecular flexibility index (Phi) is 5.83. The molecule has 0 radical (unpaired) electrons. The largest absolute Gasteiger partial charge is 0.381 e. The lowest BCUT2D eigenvalue weighted by molar-refractivity contribution is 0.142. The molecule has 1 aliphatic heterocycles. The SMILES string of the molecule is CN(C)C(CNC1CCCOCC1)c1ccccc1. The molecular formula is C16H26N2O. The van der Waals surface area contributed by atoms with E-state index in [1.807, 2.05) is 0 Å². The summed E-state index contributed by atoms with van der Waals surface area (Å²) in [6, 6.07) is 11.8. The molecule has 2 unspecified atom stereocenters. The Balaban J connectivity index is 1.90. The molecule has 3 nitrogen and oxygen atoms in total. The third-order valence-corrected chi connectivity index (χ3v) is 3.86. The fourth-order valence-corrected chi connectivity index (χ4v) is 2.66. The van der Waals surface area contributed by atoms with E-state index in [-0.39, 0.29) is 0 Å². The van der Waals surface area contributed by atoms with Gasteiger partial charge in [0.15, 0.2) is 0 Å². The summed E-state index contributed by atoms with van der Waals surface area (Å²) >= 11 is 0. The van der Waals surface area contributed by atoms with Crippen molar-refractivity contribution in [3.05, 3.63) is 35.9 Å². The smallest absolute Gasteiger partial charge is 0.0480 e. The monoisotopic (exact) mass is 262 g/mol. The van der Waals surface area contributed by atoms with E-state index < -0.39 is 0 Å². The molecular weight excluding hydrogens is 236 g/mol. The van der Waals surface area contributed by atoms with Crippen LogP contribution in [0.5, 0.6) is 0 Å². The lowest BCUT2D eigenvalue weighted by Gasteiger charge is -2.27. The normalized spacial score (nSPS) is 22.2. The number of hydrogen-bond donors (Lipinski definition) is 1. The van der Waals surface area contributed by atoms with E-state index in [4.69, 9.17) is 4.74 Å². The summed E-state index contributed by atoms with van der Waals surface area (Å²) in [4.78, 5) is 2.29. The van der Waals surface area contributed by atoms with Crippen LogP contribution in [0, 0.1) is 0 Å². The molecule has 0 aliphatic carbocycles. The van der Waals surface area contributed by atoms with E-state index in [2.05, 4.69) is 54.6 Å². The van der Waals surface area contributed by atoms with Crippen LogP contribution >= 0.6 is 0 Å². The maximum Gasteiger partial charge on any atom is 0.0480 e. The van der Waals surface area contributed by atoms with E-state index in [0.29, 0.717) is 12.1 Å². The lowest BCUT2D eigenvalue weighted by atomic mass is 10.0. The Hall–Kier alpha value is -0.900. The van der Waals surface area contributed by atoms with Gasteiger partial charge in [-0.3, -0.25) is 0 Å². The van der Waals surface area contributed by atoms with Crippen molar-refractivity contribution in [1.29, 1.82) is 0 Å². The molecule has 2 rings (SSSR count). The highest BCUT2D eigenvalue weighted by Crippen LogP contribution is 2.18. The van der Waals surface area contributed by atoms with Crippen LogP contribution in [0.3, 0.4) is 0 Å². The third-order valence-electron chi connectivity index (χ3n) is 3.86. The van der Waals surface area contributed by atoms with Gasteiger partial charge in [0.1, 0.15) is 0 Å². The fourth-order valence-electron chi connectivity index (χ4n) is 2.66. The maximum atomic E-state index is 5.51. The molecule has 0 amide bonds. The van der Waals surface area contributed by atoms with Crippen LogP contribution in [0.15, 0.2) is 30.3 Å². The molecule has 1 saturated heterocycles. The topological polar surface area (TPSA) is 24.5 Å². The number of likely N-dealkylation sites (N-methyl/N-ethyl adjacent to an activating group) is 1. The van der Waals surface area contributed by atoms with Crippen molar-refractivity contribution in [3.8, 4) is 0 Å². The van der Waals surface area contributed by atoms with Gasteiger partial charge in [-0.25, -0.2) is 0 Å². The molecule has 0 aromatic heterocycles. The fraction of sp³-hybridized carbons (Fsp3) is 0.625. The van der Waals surface area contributed by atoms with Gasteiger partial charge in [0, 0.05) is 31.8 Å². The van der Waals surface area contributed by atoms with Gasteiger partial charge in [0.25, 0.3) is 0 Å². The molecule has 0 spiro atoms. The first-order chi connectivity index (χ1) is 9.27. The number of benzene rings is 1. The highest BCUT2D eigenvalue weighted by Gasteiger charge is 2.17. The molecule has 0 bridgehead atoms. The van der Waals surface area contributed by atoms with Gasteiger partial charge >= 0.3 is 0 Å². The van der Waals surface area contributed by atoms with E-state index in [1.165, 1.54) is 18.4 Å². The van der Waals surface area contributed by atoms with Crippen LogP contribution in [0.1, 0.15) is 30.9 Å². The highest BCUT2D eigenvalue weighted by molar-refractivity contribution is 5.19. The minimum absolute atomic E-state index is 0.436. The standard InChI is InChI=1S/C16H26N2O/c1-18(2)16(14-7-4-3-5-8-14)13-17-15-9-6-11-19-12-10-15/h3-5,7-8,15-17H,6,9-13H2,1-2H3. The lowest BCUT2D eigenvalue weighted by Crippen LogP contribution is -2.37. The van der Waals surface area contributed by atoms with Gasteiger partial charge in [-0.15, -0.1) is 0 Å². The molecule has 3 heteroatoms. The quantitative estimate of drug-likeness (QED) is 0.882. The zero-order valence-electron chi connectivity index (χ0n) is 12.1. The number of ether oxygens (including phenoxy) is 1. The van der Waals surface area contributed by atoms with E-state index in [9.17, 15) is 0 Å². The van der Waals surface area contributed by atoms with Crippen LogP contribution in [-0.2, 0) is 4.74 Å². The third kappa shape index (κ3) is 4.60. The molecule has 106 valence electrons. The van der Waals surface area contributed by atoms with Crippen molar-refractivity contribution in [2.75, 3.05) is 33.9 Å². The van der Waals surface area contributed by atoms with Gasteiger partial charge in [0.2, 0.25) is 0 Å². The molecule has 1 heterocycles. The van der Waals surface area contributed by atoms with Crippen molar-refractivity contribution in [2.24, 2.45) is 0 Å². The van der Waals surface area contributed by atoms with Crippen LogP contribution in [-0.4, -0.2) is 44.8 Å². The zero-order valence-corrected chi connectivity index (χ0v) is 12.1. The summed E-state index contributed by atoms with van der Waals surface area (Å²) in [7, 11) is 4.30. The average Bonchev–Trinajstić information content (AvgIpc) is 2.68. The van der Waals surface area contributed by atoms with Crippen molar-refractivity contribution in [1.82, 2.24) is 10.2 Å². The highest BCUT2D eigenvalue weighted by atomic mass is 16.5. The van der Waals surface area contributed by atoms with Crippen molar-refractivity contribution < 1.29 is 4.74 Å². The molecule has 19 heavy (non-hydrogen) atoms. The Morgan fingerprint density at radius 3 is 2.74 bits per heavy atom. The number of hydrogen-bond acceptors (Lipinski definition) is 3. The van der Waals surface area contributed by atoms with Crippen LogP contribution in [0.2, 0.25) is 0 Å². The van der Waals surface area contributed by atoms with E-state index >= 15 is 0 Å². The molecule has 1 aromatic carbocycles. The predicted octanol–water partition coefficient (Wildman–Crippen LogP) is 2.45. The molecule has 1 aromatic rings. The molecule has 1 fully saturated rings. The first kappa shape index (κ1) is 14.5. The van der Waals surface area contributed by atoms with Crippen molar-refractivity contribution in [2.45, 2.75) is 31.3 Å². The zero-order chi connectivity index (χ0) is 13.5. The van der Waals surface area contributed by atoms with Gasteiger partial charge < -0.3 is 15.0 Å². The second kappa shape index (κ2) is 7.63. The summed E-state index contributed by atoms with van der Waals surface area (Å²) < 4.78 is 5.51. The molecule has 2 atom stereocenters. The summed E-state index contributed by atoms with van der Waals surface area (Å²) in [5.41, 5.74) is 1.38. The Labute approximate surface area is 116 Å². The summed E-state index contributed by atoms with van der Waals surface area (Å²) in [5.74, 6) is 0. The Morgan fingerprint density at radius 2 is 2.00 bits per heavy atom. The number of nitrogens with zero attached hydrogens (tertiary/aromatic N) is 1. The summed E-state index contributed by atoms with van der Waals surface area (Å²) in [5, 5.41) is 3.72. The van der Waals surface area contributed by atoms with Crippen molar-refractivity contribution >= 4 is 0 Å². The maximum absolute atomic E-state index is 5.51. The van der Waals surface area contributed by atoms with Gasteiger partial charge in [-0.2, -0.15) is 0 Å². The average molecular weight is 262 g/mol. The second-order valence-electron chi connectivity index (χ2n) is 5.54. The number of nitrogens with one attached hydrogen (secondary N) is 1. The first-order valence-corrected chi connectivity index (χ1v) is 7.30. The number of rotatable bonds is 5. The van der Waals surface area contributed by atoms with Crippen molar-refractivity contribution in [3.63, 3.8) is 0 Å². The first-order valence-electron chi connectivity index (χ1n) is 7.30. The minimum atomic E-state index is 0.436. The molecule has 1 aliphatic rings. The van der Waals surface area contributed by atoms with Gasteiger partial charge in [0.05, 0.1) is 0 Å². The van der Waals surface area contributed by atoms with Gasteiger partial charge in [-0.1, -0.05) is 30.3 Å².